The topological polar surface area (TPSA) is 17.8 Å². The molecule has 0 aliphatic carbocycles. The molecule has 0 aliphatic rings. The minimum absolute atomic E-state index is 0.166. The predicted octanol–water partition coefficient (Wildman–Crippen LogP) is 5.46. The van der Waals surface area contributed by atoms with E-state index in [1.807, 2.05) is 24.3 Å². The molecule has 0 atom stereocenters. The van der Waals surface area contributed by atoms with Gasteiger partial charge in [0, 0.05) is 11.3 Å². The second-order valence-corrected chi connectivity index (χ2v) is 12.7. The normalized spacial score (nSPS) is 11.6. The molecule has 0 aliphatic heterocycles. The maximum absolute atomic E-state index is 6.60. The highest BCUT2D eigenvalue weighted by atomic mass is 15.1. The summed E-state index contributed by atoms with van der Waals surface area (Å²) in [5.41, 5.74) is 8.60. The second kappa shape index (κ2) is 11.7. The van der Waals surface area contributed by atoms with Crippen molar-refractivity contribution in [3.8, 4) is 39.3 Å². The molecular formula is C43H23B5N2. The number of hydrogen-bond donors (Lipinski definition) is 0. The Labute approximate surface area is 297 Å². The number of rotatable bonds is 4. The van der Waals surface area contributed by atoms with Crippen LogP contribution in [0.15, 0.2) is 140 Å². The molecule has 9 aromatic rings. The summed E-state index contributed by atoms with van der Waals surface area (Å²) >= 11 is 0. The Morgan fingerprint density at radius 1 is 0.400 bits per heavy atom. The standard InChI is InChI=1S/C43H23B5N2/c44-38-37(39(45)41(47)42(48)40(38)46)43-49-33-18-7-8-19-34(33)50(43)28-13-9-12-26(23-28)35-29-14-3-5-16-31(29)36(32-17-6-4-15-30(32)35)27-21-20-24-10-1-2-11-25(24)22-27/h1-23H. The molecule has 2 nitrogen and oxygen atoms in total. The Balaban J connectivity index is 1.32. The van der Waals surface area contributed by atoms with E-state index < -0.39 is 0 Å². The van der Waals surface area contributed by atoms with Crippen LogP contribution in [-0.4, -0.2) is 48.8 Å². The zero-order valence-corrected chi connectivity index (χ0v) is 27.1. The molecule has 1 heterocycles. The molecule has 0 unspecified atom stereocenters. The highest BCUT2D eigenvalue weighted by molar-refractivity contribution is 6.68. The molecule has 0 fully saturated rings. The molecule has 10 radical (unpaired) electrons. The quantitative estimate of drug-likeness (QED) is 0.189. The number of benzene rings is 8. The molecule has 0 N–H and O–H groups in total. The van der Waals surface area contributed by atoms with Crippen LogP contribution in [0.25, 0.3) is 82.7 Å². The van der Waals surface area contributed by atoms with Gasteiger partial charge in [0.15, 0.2) is 0 Å². The first-order valence-corrected chi connectivity index (χ1v) is 16.4. The van der Waals surface area contributed by atoms with E-state index in [1.54, 1.807) is 0 Å². The van der Waals surface area contributed by atoms with E-state index in [9.17, 15) is 0 Å². The summed E-state index contributed by atoms with van der Waals surface area (Å²) in [7, 11) is 32.0. The molecule has 0 saturated heterocycles. The highest BCUT2D eigenvalue weighted by Gasteiger charge is 2.22. The lowest BCUT2D eigenvalue weighted by Gasteiger charge is -2.22. The zero-order valence-electron chi connectivity index (χ0n) is 27.1. The fourth-order valence-corrected chi connectivity index (χ4v) is 7.44. The van der Waals surface area contributed by atoms with Gasteiger partial charge in [0.2, 0.25) is 0 Å². The molecule has 1 aromatic heterocycles. The number of fused-ring (bicyclic) bond motifs is 4. The van der Waals surface area contributed by atoms with Crippen molar-refractivity contribution in [2.24, 2.45) is 0 Å². The molecule has 50 heavy (non-hydrogen) atoms. The largest absolute Gasteiger partial charge is 0.292 e. The van der Waals surface area contributed by atoms with Gasteiger partial charge in [0.25, 0.3) is 0 Å². The minimum atomic E-state index is 0.166. The van der Waals surface area contributed by atoms with E-state index in [0.29, 0.717) is 11.4 Å². The summed E-state index contributed by atoms with van der Waals surface area (Å²) in [6.07, 6.45) is 0. The van der Waals surface area contributed by atoms with Gasteiger partial charge in [-0.15, -0.1) is 16.4 Å². The van der Waals surface area contributed by atoms with Crippen LogP contribution in [0, 0.1) is 0 Å². The third kappa shape index (κ3) is 4.60. The van der Waals surface area contributed by atoms with E-state index in [0.717, 1.165) is 38.6 Å². The number of nitrogens with zero attached hydrogens (tertiary/aromatic N) is 2. The van der Waals surface area contributed by atoms with Crippen molar-refractivity contribution in [2.75, 3.05) is 0 Å². The summed E-state index contributed by atoms with van der Waals surface area (Å²) in [5, 5.41) is 7.12. The van der Waals surface area contributed by atoms with Gasteiger partial charge in [0.1, 0.15) is 45.1 Å². The lowest BCUT2D eigenvalue weighted by atomic mass is 9.60. The second-order valence-electron chi connectivity index (χ2n) is 12.7. The molecule has 0 amide bonds. The highest BCUT2D eigenvalue weighted by Crippen LogP contribution is 2.44. The summed E-state index contributed by atoms with van der Waals surface area (Å²) < 4.78 is 2.06. The van der Waals surface area contributed by atoms with E-state index in [4.69, 9.17) is 44.2 Å². The van der Waals surface area contributed by atoms with Gasteiger partial charge in [-0.3, -0.25) is 4.57 Å². The SMILES string of the molecule is [B]c1c([B])c([B])c(-c2nc3ccccc3n2-c2cccc(-c3c4ccccc4c(-c4ccc5ccccc5c4)c4ccccc34)c2)c([B])c1[B]. The zero-order chi connectivity index (χ0) is 34.1. The molecular weight excluding hydrogens is 599 g/mol. The Morgan fingerprint density at radius 2 is 0.920 bits per heavy atom. The molecule has 0 spiro atoms. The van der Waals surface area contributed by atoms with Crippen molar-refractivity contribution in [2.45, 2.75) is 0 Å². The lowest BCUT2D eigenvalue weighted by molar-refractivity contribution is 1.11. The fourth-order valence-electron chi connectivity index (χ4n) is 7.44. The van der Waals surface area contributed by atoms with Gasteiger partial charge in [-0.2, -0.15) is 0 Å². The van der Waals surface area contributed by atoms with Crippen molar-refractivity contribution in [3.63, 3.8) is 0 Å². The molecule has 8 aromatic carbocycles. The first kappa shape index (κ1) is 30.4. The average Bonchev–Trinajstić information content (AvgIpc) is 3.54. The predicted molar refractivity (Wildman–Crippen MR) is 217 cm³/mol. The molecule has 9 rings (SSSR count). The molecule has 0 bridgehead atoms. The van der Waals surface area contributed by atoms with Crippen molar-refractivity contribution in [3.05, 3.63) is 140 Å². The number of hydrogen-bond acceptors (Lipinski definition) is 1. The smallest absolute Gasteiger partial charge is 0.144 e. The van der Waals surface area contributed by atoms with Gasteiger partial charge in [-0.25, -0.2) is 4.98 Å². The Kier molecular flexibility index (Phi) is 7.14. The summed E-state index contributed by atoms with van der Waals surface area (Å²) in [4.78, 5) is 5.01. The van der Waals surface area contributed by atoms with Crippen LogP contribution in [0.1, 0.15) is 0 Å². The maximum atomic E-state index is 6.60. The van der Waals surface area contributed by atoms with Crippen LogP contribution < -0.4 is 27.3 Å². The first-order chi connectivity index (χ1) is 24.4. The average molecular weight is 622 g/mol. The van der Waals surface area contributed by atoms with Gasteiger partial charge < -0.3 is 0 Å². The monoisotopic (exact) mass is 622 g/mol. The number of imidazole rings is 1. The Hall–Kier alpha value is -5.67. The van der Waals surface area contributed by atoms with Gasteiger partial charge >= 0.3 is 0 Å². The van der Waals surface area contributed by atoms with Crippen LogP contribution >= 0.6 is 0 Å². The van der Waals surface area contributed by atoms with E-state index in [-0.39, 0.29) is 27.3 Å². The van der Waals surface area contributed by atoms with Crippen molar-refractivity contribution >= 4 is 110 Å². The fraction of sp³-hybridized carbons (Fsp3) is 0. The minimum Gasteiger partial charge on any atom is -0.292 e. The Morgan fingerprint density at radius 3 is 1.56 bits per heavy atom. The van der Waals surface area contributed by atoms with Crippen molar-refractivity contribution < 1.29 is 0 Å². The summed E-state index contributed by atoms with van der Waals surface area (Å²) in [5.74, 6) is 0.526. The van der Waals surface area contributed by atoms with Gasteiger partial charge in [-0.1, -0.05) is 120 Å². The summed E-state index contributed by atoms with van der Waals surface area (Å²) in [6.45, 7) is 0. The van der Waals surface area contributed by atoms with Crippen molar-refractivity contribution in [1.82, 2.24) is 9.55 Å². The molecule has 0 saturated carbocycles. The van der Waals surface area contributed by atoms with E-state index >= 15 is 0 Å². The molecule has 220 valence electrons. The maximum Gasteiger partial charge on any atom is 0.144 e. The third-order valence-electron chi connectivity index (χ3n) is 9.85. The molecule has 7 heteroatoms. The lowest BCUT2D eigenvalue weighted by Crippen LogP contribution is -2.55. The van der Waals surface area contributed by atoms with Crippen LogP contribution in [0.2, 0.25) is 0 Å². The van der Waals surface area contributed by atoms with Crippen molar-refractivity contribution in [1.29, 1.82) is 0 Å². The van der Waals surface area contributed by atoms with Gasteiger partial charge in [0.05, 0.1) is 11.0 Å². The van der Waals surface area contributed by atoms with Crippen LogP contribution in [-0.2, 0) is 0 Å². The van der Waals surface area contributed by atoms with Crippen LogP contribution in [0.3, 0.4) is 0 Å². The van der Waals surface area contributed by atoms with Crippen LogP contribution in [0.4, 0.5) is 0 Å². The van der Waals surface area contributed by atoms with Gasteiger partial charge in [-0.05, 0) is 84.9 Å². The number of para-hydroxylation sites is 2. The first-order valence-electron chi connectivity index (χ1n) is 16.4. The Bertz CT molecular complexity index is 2750. The third-order valence-corrected chi connectivity index (χ3v) is 9.85. The van der Waals surface area contributed by atoms with E-state index in [1.165, 1.54) is 32.7 Å². The number of aromatic nitrogens is 2. The summed E-state index contributed by atoms with van der Waals surface area (Å²) in [6, 6.07) is 49.0. The van der Waals surface area contributed by atoms with Crippen LogP contribution in [0.5, 0.6) is 0 Å². The van der Waals surface area contributed by atoms with E-state index in [2.05, 4.69) is 120 Å².